The number of aromatic nitrogens is 3. The van der Waals surface area contributed by atoms with Gasteiger partial charge in [0, 0.05) is 18.7 Å². The summed E-state index contributed by atoms with van der Waals surface area (Å²) in [5.74, 6) is 0.709. The van der Waals surface area contributed by atoms with Crippen molar-refractivity contribution in [1.82, 2.24) is 19.7 Å². The van der Waals surface area contributed by atoms with Gasteiger partial charge in [-0.1, -0.05) is 18.7 Å². The number of nitrogens with zero attached hydrogens (tertiary/aromatic N) is 4. The summed E-state index contributed by atoms with van der Waals surface area (Å²) in [4.78, 5) is 29.6. The van der Waals surface area contributed by atoms with Crippen molar-refractivity contribution in [3.05, 3.63) is 54.6 Å². The van der Waals surface area contributed by atoms with Crippen molar-refractivity contribution >= 4 is 17.5 Å². The number of rotatable bonds is 5. The smallest absolute Gasteiger partial charge is 0.247 e. The molecule has 1 N–H and O–H groups in total. The molecule has 0 saturated heterocycles. The molecule has 0 bridgehead atoms. The second-order valence-corrected chi connectivity index (χ2v) is 5.61. The summed E-state index contributed by atoms with van der Waals surface area (Å²) >= 11 is 0. The number of hydrogen-bond donors (Lipinski definition) is 1. The zero-order valence-corrected chi connectivity index (χ0v) is 13.3. The van der Waals surface area contributed by atoms with E-state index in [4.69, 9.17) is 0 Å². The summed E-state index contributed by atoms with van der Waals surface area (Å²) in [6.07, 6.45) is 3.87. The molecule has 2 heterocycles. The Morgan fingerprint density at radius 3 is 2.79 bits per heavy atom. The number of carbonyl (C=O) groups excluding carboxylic acids is 2. The molecule has 0 saturated carbocycles. The predicted molar refractivity (Wildman–Crippen MR) is 89.0 cm³/mol. The molecule has 0 spiro atoms. The van der Waals surface area contributed by atoms with Gasteiger partial charge in [-0.3, -0.25) is 9.59 Å². The Balaban J connectivity index is 1.51. The van der Waals surface area contributed by atoms with Crippen LogP contribution in [-0.4, -0.2) is 38.0 Å². The zero-order chi connectivity index (χ0) is 16.9. The molecule has 1 aromatic carbocycles. The molecule has 2 aromatic rings. The maximum absolute atomic E-state index is 12.4. The molecule has 24 heavy (non-hydrogen) atoms. The summed E-state index contributed by atoms with van der Waals surface area (Å²) < 4.78 is 1.83. The number of amides is 2. The van der Waals surface area contributed by atoms with Crippen molar-refractivity contribution in [3.63, 3.8) is 0 Å². The molecule has 0 unspecified atom stereocenters. The normalized spacial score (nSPS) is 13.2. The second kappa shape index (κ2) is 7.08. The lowest BCUT2D eigenvalue weighted by atomic mass is 10.1. The third kappa shape index (κ3) is 3.68. The Bertz CT molecular complexity index is 751. The van der Waals surface area contributed by atoms with Crippen LogP contribution in [0.1, 0.15) is 17.8 Å². The molecule has 0 radical (unpaired) electrons. The average molecular weight is 325 g/mol. The van der Waals surface area contributed by atoms with E-state index in [2.05, 4.69) is 22.0 Å². The van der Waals surface area contributed by atoms with Crippen molar-refractivity contribution < 1.29 is 9.59 Å². The van der Waals surface area contributed by atoms with Gasteiger partial charge in [-0.2, -0.15) is 5.10 Å². The minimum Gasteiger partial charge on any atom is -0.333 e. The highest BCUT2D eigenvalue weighted by Gasteiger charge is 2.21. The highest BCUT2D eigenvalue weighted by Crippen LogP contribution is 2.14. The van der Waals surface area contributed by atoms with E-state index in [-0.39, 0.29) is 11.8 Å². The van der Waals surface area contributed by atoms with Crippen molar-refractivity contribution in [2.24, 2.45) is 0 Å². The quantitative estimate of drug-likeness (QED) is 0.842. The van der Waals surface area contributed by atoms with Crippen LogP contribution in [0.5, 0.6) is 0 Å². The van der Waals surface area contributed by atoms with Crippen LogP contribution in [0.3, 0.4) is 0 Å². The molecular weight excluding hydrogens is 306 g/mol. The average Bonchev–Trinajstić information content (AvgIpc) is 3.08. The standard InChI is InChI=1S/C17H19N5O2/c1-2-16(23)20-14-6-3-13(4-7-14)5-8-17(24)21-9-10-22-15(11-21)18-12-19-22/h2-4,6-7,12H,1,5,8-11H2,(H,20,23). The Kier molecular flexibility index (Phi) is 4.69. The Hall–Kier alpha value is -2.96. The first-order valence-corrected chi connectivity index (χ1v) is 7.82. The molecular formula is C17H19N5O2. The second-order valence-electron chi connectivity index (χ2n) is 5.61. The number of nitrogens with one attached hydrogen (secondary N) is 1. The molecule has 7 nitrogen and oxygen atoms in total. The van der Waals surface area contributed by atoms with Gasteiger partial charge in [-0.15, -0.1) is 0 Å². The van der Waals surface area contributed by atoms with Crippen LogP contribution in [0.15, 0.2) is 43.2 Å². The van der Waals surface area contributed by atoms with E-state index in [0.717, 1.165) is 11.4 Å². The first-order chi connectivity index (χ1) is 11.7. The minimum atomic E-state index is -0.240. The van der Waals surface area contributed by atoms with E-state index in [9.17, 15) is 9.59 Å². The van der Waals surface area contributed by atoms with Gasteiger partial charge in [0.05, 0.1) is 13.1 Å². The molecule has 0 fully saturated rings. The number of anilines is 1. The number of fused-ring (bicyclic) bond motifs is 1. The fourth-order valence-electron chi connectivity index (χ4n) is 2.63. The molecule has 1 aliphatic heterocycles. The first-order valence-electron chi connectivity index (χ1n) is 7.82. The summed E-state index contributed by atoms with van der Waals surface area (Å²) in [6.45, 7) is 5.29. The highest BCUT2D eigenvalue weighted by atomic mass is 16.2. The molecule has 0 aliphatic carbocycles. The zero-order valence-electron chi connectivity index (χ0n) is 13.3. The van der Waals surface area contributed by atoms with E-state index < -0.39 is 0 Å². The van der Waals surface area contributed by atoms with Crippen LogP contribution in [0, 0.1) is 0 Å². The maximum Gasteiger partial charge on any atom is 0.247 e. The fourth-order valence-corrected chi connectivity index (χ4v) is 2.63. The Labute approximate surface area is 140 Å². The van der Waals surface area contributed by atoms with Crippen molar-refractivity contribution in [1.29, 1.82) is 0 Å². The number of benzene rings is 1. The summed E-state index contributed by atoms with van der Waals surface area (Å²) in [5, 5.41) is 6.81. The summed E-state index contributed by atoms with van der Waals surface area (Å²) in [5.41, 5.74) is 1.77. The molecule has 1 aromatic heterocycles. The number of aryl methyl sites for hydroxylation is 1. The fraction of sp³-hybridized carbons (Fsp3) is 0.294. The summed E-state index contributed by atoms with van der Waals surface area (Å²) in [7, 11) is 0. The largest absolute Gasteiger partial charge is 0.333 e. The molecule has 124 valence electrons. The lowest BCUT2D eigenvalue weighted by Crippen LogP contribution is -2.38. The van der Waals surface area contributed by atoms with Gasteiger partial charge in [0.15, 0.2) is 0 Å². The Morgan fingerprint density at radius 1 is 1.25 bits per heavy atom. The SMILES string of the molecule is C=CC(=O)Nc1ccc(CCC(=O)N2CCn3ncnc3C2)cc1. The van der Waals surface area contributed by atoms with Crippen LogP contribution in [0.25, 0.3) is 0 Å². The predicted octanol–water partition coefficient (Wildman–Crippen LogP) is 1.38. The molecule has 3 rings (SSSR count). The van der Waals surface area contributed by atoms with Crippen LogP contribution < -0.4 is 5.32 Å². The van der Waals surface area contributed by atoms with Gasteiger partial charge >= 0.3 is 0 Å². The topological polar surface area (TPSA) is 80.1 Å². The Morgan fingerprint density at radius 2 is 2.04 bits per heavy atom. The van der Waals surface area contributed by atoms with Crippen molar-refractivity contribution in [3.8, 4) is 0 Å². The molecule has 2 amide bonds. The van der Waals surface area contributed by atoms with Gasteiger partial charge in [0.25, 0.3) is 0 Å². The van der Waals surface area contributed by atoms with Crippen molar-refractivity contribution in [2.45, 2.75) is 25.9 Å². The summed E-state index contributed by atoms with van der Waals surface area (Å²) in [6, 6.07) is 7.48. The maximum atomic E-state index is 12.4. The monoisotopic (exact) mass is 325 g/mol. The van der Waals surface area contributed by atoms with Gasteiger partial charge in [0.1, 0.15) is 12.2 Å². The third-order valence-electron chi connectivity index (χ3n) is 4.00. The van der Waals surface area contributed by atoms with Gasteiger partial charge in [0.2, 0.25) is 11.8 Å². The molecule has 1 aliphatic rings. The van der Waals surface area contributed by atoms with Gasteiger partial charge in [-0.05, 0) is 30.2 Å². The number of hydrogen-bond acceptors (Lipinski definition) is 4. The van der Waals surface area contributed by atoms with E-state index >= 15 is 0 Å². The van der Waals surface area contributed by atoms with E-state index in [1.54, 1.807) is 0 Å². The van der Waals surface area contributed by atoms with E-state index in [0.29, 0.717) is 38.2 Å². The highest BCUT2D eigenvalue weighted by molar-refractivity contribution is 5.98. The molecule has 0 atom stereocenters. The third-order valence-corrected chi connectivity index (χ3v) is 4.00. The molecule has 7 heteroatoms. The van der Waals surface area contributed by atoms with E-state index in [1.807, 2.05) is 33.8 Å². The van der Waals surface area contributed by atoms with Crippen molar-refractivity contribution in [2.75, 3.05) is 11.9 Å². The van der Waals surface area contributed by atoms with Crippen LogP contribution >= 0.6 is 0 Å². The lowest BCUT2D eigenvalue weighted by Gasteiger charge is -2.26. The van der Waals surface area contributed by atoms with Crippen LogP contribution in [-0.2, 0) is 29.1 Å². The minimum absolute atomic E-state index is 0.119. The van der Waals surface area contributed by atoms with Gasteiger partial charge < -0.3 is 10.2 Å². The lowest BCUT2D eigenvalue weighted by molar-refractivity contribution is -0.132. The first kappa shape index (κ1) is 15.9. The van der Waals surface area contributed by atoms with Gasteiger partial charge in [-0.25, -0.2) is 9.67 Å². The van der Waals surface area contributed by atoms with Crippen LogP contribution in [0.2, 0.25) is 0 Å². The van der Waals surface area contributed by atoms with E-state index in [1.165, 1.54) is 12.4 Å². The number of carbonyl (C=O) groups is 2. The van der Waals surface area contributed by atoms with Crippen LogP contribution in [0.4, 0.5) is 5.69 Å².